The van der Waals surface area contributed by atoms with Crippen molar-refractivity contribution in [2.75, 3.05) is 7.11 Å². The Morgan fingerprint density at radius 1 is 1.45 bits per heavy atom. The monoisotopic (exact) mass is 159 g/mol. The molecule has 0 rings (SSSR count). The molecule has 0 fully saturated rings. The molecule has 0 aliphatic heterocycles. The average molecular weight is 159 g/mol. The molecule has 0 bridgehead atoms. The molecule has 0 aliphatic carbocycles. The Bertz CT molecular complexity index is 121. The zero-order chi connectivity index (χ0) is 8.85. The topological polar surface area (TPSA) is 52.3 Å². The molecule has 1 unspecified atom stereocenters. The molecule has 0 saturated carbocycles. The normalized spacial score (nSPS) is 13.2. The number of carbonyl (C=O) groups excluding carboxylic acids is 1. The molecule has 0 saturated heterocycles. The van der Waals surface area contributed by atoms with Crippen LogP contribution >= 0.6 is 0 Å². The number of nitrogens with two attached hydrogens (primary N) is 1. The van der Waals surface area contributed by atoms with E-state index in [4.69, 9.17) is 5.73 Å². The van der Waals surface area contributed by atoms with E-state index in [1.807, 2.05) is 13.8 Å². The van der Waals surface area contributed by atoms with Crippen LogP contribution in [0.3, 0.4) is 0 Å². The van der Waals surface area contributed by atoms with Gasteiger partial charge in [0.05, 0.1) is 7.11 Å². The van der Waals surface area contributed by atoms with Gasteiger partial charge in [-0.1, -0.05) is 26.7 Å². The van der Waals surface area contributed by atoms with Gasteiger partial charge in [-0.3, -0.25) is 4.79 Å². The van der Waals surface area contributed by atoms with E-state index in [2.05, 4.69) is 4.74 Å². The van der Waals surface area contributed by atoms with Gasteiger partial charge >= 0.3 is 5.97 Å². The highest BCUT2D eigenvalue weighted by molar-refractivity contribution is 5.75. The van der Waals surface area contributed by atoms with Crippen molar-refractivity contribution in [2.24, 2.45) is 11.7 Å². The number of carbonyl (C=O) groups is 1. The van der Waals surface area contributed by atoms with Crippen LogP contribution in [0.4, 0.5) is 0 Å². The highest BCUT2D eigenvalue weighted by Crippen LogP contribution is 2.11. The van der Waals surface area contributed by atoms with Gasteiger partial charge in [0.25, 0.3) is 0 Å². The summed E-state index contributed by atoms with van der Waals surface area (Å²) in [5.74, 6) is -0.0545. The predicted octanol–water partition coefficient (Wildman–Crippen LogP) is 0.923. The molecule has 0 spiro atoms. The van der Waals surface area contributed by atoms with E-state index in [0.717, 1.165) is 12.8 Å². The molecule has 66 valence electrons. The predicted molar refractivity (Wildman–Crippen MR) is 44.1 cm³/mol. The van der Waals surface area contributed by atoms with Gasteiger partial charge in [0.15, 0.2) is 0 Å². The van der Waals surface area contributed by atoms with E-state index in [1.54, 1.807) is 0 Å². The van der Waals surface area contributed by atoms with Crippen LogP contribution in [0.25, 0.3) is 0 Å². The third kappa shape index (κ3) is 2.89. The second kappa shape index (κ2) is 5.13. The molecule has 11 heavy (non-hydrogen) atoms. The lowest BCUT2D eigenvalue weighted by molar-refractivity contribution is -0.143. The molecule has 0 radical (unpaired) electrons. The fourth-order valence-corrected chi connectivity index (χ4v) is 1.13. The van der Waals surface area contributed by atoms with E-state index in [0.29, 0.717) is 0 Å². The third-order valence-corrected chi connectivity index (χ3v) is 2.03. The summed E-state index contributed by atoms with van der Waals surface area (Å²) < 4.78 is 4.53. The number of ether oxygens (including phenoxy) is 1. The quantitative estimate of drug-likeness (QED) is 0.621. The fourth-order valence-electron chi connectivity index (χ4n) is 1.13. The molecule has 0 aromatic heterocycles. The molecule has 3 nitrogen and oxygen atoms in total. The summed E-state index contributed by atoms with van der Waals surface area (Å²) in [4.78, 5) is 10.9. The maximum absolute atomic E-state index is 10.9. The Hall–Kier alpha value is -0.570. The Balaban J connectivity index is 3.97. The summed E-state index contributed by atoms with van der Waals surface area (Å²) in [6.07, 6.45) is 1.85. The van der Waals surface area contributed by atoms with E-state index in [-0.39, 0.29) is 11.9 Å². The fraction of sp³-hybridized carbons (Fsp3) is 0.875. The summed E-state index contributed by atoms with van der Waals surface area (Å²) in [5, 5.41) is 0. The first-order valence-electron chi connectivity index (χ1n) is 4.00. The van der Waals surface area contributed by atoms with E-state index in [1.165, 1.54) is 7.11 Å². The van der Waals surface area contributed by atoms with Crippen LogP contribution in [-0.2, 0) is 9.53 Å². The van der Waals surface area contributed by atoms with Crippen molar-refractivity contribution < 1.29 is 9.53 Å². The first-order chi connectivity index (χ1) is 5.17. The van der Waals surface area contributed by atoms with Crippen molar-refractivity contribution >= 4 is 5.97 Å². The van der Waals surface area contributed by atoms with Crippen LogP contribution in [0.15, 0.2) is 0 Å². The summed E-state index contributed by atoms with van der Waals surface area (Å²) >= 11 is 0. The maximum atomic E-state index is 10.9. The van der Waals surface area contributed by atoms with Gasteiger partial charge in [-0.25, -0.2) is 0 Å². The van der Waals surface area contributed by atoms with Gasteiger partial charge < -0.3 is 10.5 Å². The number of hydrogen-bond donors (Lipinski definition) is 1. The molecule has 0 amide bonds. The van der Waals surface area contributed by atoms with E-state index >= 15 is 0 Å². The molecule has 0 aromatic rings. The van der Waals surface area contributed by atoms with Gasteiger partial charge in [0.2, 0.25) is 0 Å². The molecule has 2 N–H and O–H groups in total. The largest absolute Gasteiger partial charge is 0.468 e. The Kier molecular flexibility index (Phi) is 4.86. The van der Waals surface area contributed by atoms with Gasteiger partial charge in [-0.15, -0.1) is 0 Å². The Morgan fingerprint density at radius 2 is 1.91 bits per heavy atom. The van der Waals surface area contributed by atoms with Crippen molar-refractivity contribution in [2.45, 2.75) is 32.7 Å². The van der Waals surface area contributed by atoms with Gasteiger partial charge in [-0.2, -0.15) is 0 Å². The Labute approximate surface area is 67.9 Å². The lowest BCUT2D eigenvalue weighted by Crippen LogP contribution is -2.38. The van der Waals surface area contributed by atoms with Crippen LogP contribution in [0, 0.1) is 5.92 Å². The number of hydrogen-bond acceptors (Lipinski definition) is 3. The maximum Gasteiger partial charge on any atom is 0.322 e. The van der Waals surface area contributed by atoms with Gasteiger partial charge in [-0.05, 0) is 5.92 Å². The summed E-state index contributed by atoms with van der Waals surface area (Å²) in [5.41, 5.74) is 5.62. The molecule has 0 heterocycles. The van der Waals surface area contributed by atoms with E-state index < -0.39 is 6.04 Å². The minimum absolute atomic E-state index is 0.252. The number of rotatable bonds is 4. The third-order valence-electron chi connectivity index (χ3n) is 2.03. The van der Waals surface area contributed by atoms with Gasteiger partial charge in [0.1, 0.15) is 6.04 Å². The zero-order valence-electron chi connectivity index (χ0n) is 7.46. The van der Waals surface area contributed by atoms with Crippen LogP contribution in [0.5, 0.6) is 0 Å². The standard InChI is InChI=1S/C8H17NO2/c1-4-6(5-2)7(9)8(10)11-3/h6-7H,4-5,9H2,1-3H3. The second-order valence-corrected chi connectivity index (χ2v) is 2.63. The summed E-state index contributed by atoms with van der Waals surface area (Å²) in [6, 6.07) is -0.449. The molecular formula is C8H17NO2. The van der Waals surface area contributed by atoms with Gasteiger partial charge in [0, 0.05) is 0 Å². The number of methoxy groups -OCH3 is 1. The Morgan fingerprint density at radius 3 is 2.18 bits per heavy atom. The van der Waals surface area contributed by atoms with Crippen LogP contribution in [-0.4, -0.2) is 19.1 Å². The average Bonchev–Trinajstić information content (AvgIpc) is 2.05. The van der Waals surface area contributed by atoms with Crippen LogP contribution in [0.2, 0.25) is 0 Å². The highest BCUT2D eigenvalue weighted by Gasteiger charge is 2.21. The minimum Gasteiger partial charge on any atom is -0.468 e. The minimum atomic E-state index is -0.449. The smallest absolute Gasteiger partial charge is 0.322 e. The summed E-state index contributed by atoms with van der Waals surface area (Å²) in [7, 11) is 1.37. The van der Waals surface area contributed by atoms with Crippen molar-refractivity contribution in [1.29, 1.82) is 0 Å². The first-order valence-corrected chi connectivity index (χ1v) is 4.00. The van der Waals surface area contributed by atoms with Crippen molar-refractivity contribution in [3.05, 3.63) is 0 Å². The van der Waals surface area contributed by atoms with Crippen molar-refractivity contribution in [1.82, 2.24) is 0 Å². The second-order valence-electron chi connectivity index (χ2n) is 2.63. The lowest BCUT2D eigenvalue weighted by Gasteiger charge is -2.17. The van der Waals surface area contributed by atoms with Crippen molar-refractivity contribution in [3.63, 3.8) is 0 Å². The molecule has 0 aromatic carbocycles. The van der Waals surface area contributed by atoms with Crippen LogP contribution in [0.1, 0.15) is 26.7 Å². The van der Waals surface area contributed by atoms with Crippen LogP contribution < -0.4 is 5.73 Å². The molecule has 1 atom stereocenters. The molecule has 3 heteroatoms. The summed E-state index contributed by atoms with van der Waals surface area (Å²) in [6.45, 7) is 4.05. The zero-order valence-corrected chi connectivity index (χ0v) is 7.46. The highest BCUT2D eigenvalue weighted by atomic mass is 16.5. The lowest BCUT2D eigenvalue weighted by atomic mass is 9.95. The van der Waals surface area contributed by atoms with Crippen molar-refractivity contribution in [3.8, 4) is 0 Å². The number of esters is 1. The first kappa shape index (κ1) is 10.4. The SMILES string of the molecule is CCC(CC)C(N)C(=O)OC. The molecule has 0 aliphatic rings. The molecular weight excluding hydrogens is 142 g/mol. The van der Waals surface area contributed by atoms with E-state index in [9.17, 15) is 4.79 Å².